The molecule has 0 aliphatic carbocycles. The number of carbonyl (C=O) groups excluding carboxylic acids is 1. The molecule has 4 nitrogen and oxygen atoms in total. The van der Waals surface area contributed by atoms with Gasteiger partial charge in [0, 0.05) is 24.9 Å². The molecule has 0 atom stereocenters. The second kappa shape index (κ2) is 7.30. The molecule has 0 unspecified atom stereocenters. The fraction of sp³-hybridized carbons (Fsp3) is 0.500. The maximum Gasteiger partial charge on any atom is 0.232 e. The summed E-state index contributed by atoms with van der Waals surface area (Å²) in [5.74, 6) is 2.26. The maximum absolute atomic E-state index is 12.4. The minimum absolute atomic E-state index is 0.225. The number of piperidine rings is 1. The van der Waals surface area contributed by atoms with Crippen LogP contribution in [-0.4, -0.2) is 39.6 Å². The van der Waals surface area contributed by atoms with Gasteiger partial charge < -0.3 is 4.90 Å². The maximum atomic E-state index is 12.4. The molecular weight excluding hydrogens is 306 g/mol. The molecule has 0 radical (unpaired) electrons. The van der Waals surface area contributed by atoms with E-state index >= 15 is 0 Å². The first-order valence-electron chi connectivity index (χ1n) is 8.33. The first kappa shape index (κ1) is 16.2. The van der Waals surface area contributed by atoms with Gasteiger partial charge in [0.15, 0.2) is 0 Å². The molecule has 23 heavy (non-hydrogen) atoms. The normalized spacial score (nSPS) is 16.0. The molecule has 1 aromatic heterocycles. The SMILES string of the molecule is CCc1nc(SCC(=O)N2CCC(C)CC2)c2ccccc2n1. The predicted octanol–water partition coefficient (Wildman–Crippen LogP) is 3.54. The number of para-hydroxylation sites is 1. The number of amides is 1. The number of aromatic nitrogens is 2. The Labute approximate surface area is 141 Å². The molecule has 5 heteroatoms. The number of aryl methyl sites for hydroxylation is 1. The number of fused-ring (bicyclic) bond motifs is 1. The molecule has 0 bridgehead atoms. The lowest BCUT2D eigenvalue weighted by atomic mass is 9.99. The van der Waals surface area contributed by atoms with Gasteiger partial charge in [-0.15, -0.1) is 0 Å². The molecule has 1 amide bonds. The molecule has 3 rings (SSSR count). The smallest absolute Gasteiger partial charge is 0.232 e. The number of thioether (sulfide) groups is 1. The van der Waals surface area contributed by atoms with Crippen LogP contribution >= 0.6 is 11.8 Å². The first-order chi connectivity index (χ1) is 11.2. The summed E-state index contributed by atoms with van der Waals surface area (Å²) < 4.78 is 0. The summed E-state index contributed by atoms with van der Waals surface area (Å²) >= 11 is 1.54. The lowest BCUT2D eigenvalue weighted by Crippen LogP contribution is -2.38. The van der Waals surface area contributed by atoms with Crippen LogP contribution in [-0.2, 0) is 11.2 Å². The van der Waals surface area contributed by atoms with E-state index in [1.54, 1.807) is 0 Å². The second-order valence-corrected chi connectivity index (χ2v) is 7.13. The van der Waals surface area contributed by atoms with Crippen LogP contribution < -0.4 is 0 Å². The van der Waals surface area contributed by atoms with Crippen LogP contribution in [0.4, 0.5) is 0 Å². The van der Waals surface area contributed by atoms with Crippen LogP contribution in [0.5, 0.6) is 0 Å². The summed E-state index contributed by atoms with van der Waals surface area (Å²) in [5.41, 5.74) is 0.959. The summed E-state index contributed by atoms with van der Waals surface area (Å²) in [7, 11) is 0. The standard InChI is InChI=1S/C18H23N3OS/c1-3-16-19-15-7-5-4-6-14(15)18(20-16)23-12-17(22)21-10-8-13(2)9-11-21/h4-7,13H,3,8-12H2,1-2H3. The van der Waals surface area contributed by atoms with Crippen molar-refractivity contribution in [3.63, 3.8) is 0 Å². The van der Waals surface area contributed by atoms with Gasteiger partial charge in [-0.1, -0.05) is 43.8 Å². The highest BCUT2D eigenvalue weighted by Gasteiger charge is 2.20. The van der Waals surface area contributed by atoms with Crippen LogP contribution in [0.15, 0.2) is 29.3 Å². The molecule has 0 N–H and O–H groups in total. The number of hydrogen-bond donors (Lipinski definition) is 0. The monoisotopic (exact) mass is 329 g/mol. The quantitative estimate of drug-likeness (QED) is 0.636. The van der Waals surface area contributed by atoms with Crippen molar-refractivity contribution >= 4 is 28.6 Å². The van der Waals surface area contributed by atoms with E-state index in [0.717, 1.165) is 60.0 Å². The minimum atomic E-state index is 0.225. The van der Waals surface area contributed by atoms with Crippen LogP contribution in [0.25, 0.3) is 10.9 Å². The average Bonchev–Trinajstić information content (AvgIpc) is 2.59. The lowest BCUT2D eigenvalue weighted by molar-refractivity contribution is -0.129. The zero-order valence-electron chi connectivity index (χ0n) is 13.8. The molecule has 1 fully saturated rings. The Kier molecular flexibility index (Phi) is 5.16. The van der Waals surface area contributed by atoms with Gasteiger partial charge in [-0.3, -0.25) is 4.79 Å². The second-order valence-electron chi connectivity index (χ2n) is 6.17. The van der Waals surface area contributed by atoms with E-state index in [1.807, 2.05) is 29.2 Å². The molecule has 2 aromatic rings. The predicted molar refractivity (Wildman–Crippen MR) is 94.6 cm³/mol. The number of carbonyl (C=O) groups is 1. The van der Waals surface area contributed by atoms with Crippen molar-refractivity contribution in [2.75, 3.05) is 18.8 Å². The summed E-state index contributed by atoms with van der Waals surface area (Å²) in [6, 6.07) is 8.02. The van der Waals surface area contributed by atoms with E-state index in [0.29, 0.717) is 5.75 Å². The van der Waals surface area contributed by atoms with Crippen LogP contribution in [0, 0.1) is 5.92 Å². The van der Waals surface area contributed by atoms with Crippen molar-refractivity contribution in [1.29, 1.82) is 0 Å². The fourth-order valence-electron chi connectivity index (χ4n) is 2.84. The topological polar surface area (TPSA) is 46.1 Å². The van der Waals surface area contributed by atoms with Gasteiger partial charge in [0.1, 0.15) is 10.9 Å². The Balaban J connectivity index is 1.72. The Bertz CT molecular complexity index is 696. The zero-order valence-corrected chi connectivity index (χ0v) is 14.6. The number of hydrogen-bond acceptors (Lipinski definition) is 4. The van der Waals surface area contributed by atoms with Crippen molar-refractivity contribution < 1.29 is 4.79 Å². The Morgan fingerprint density at radius 2 is 2.00 bits per heavy atom. The molecule has 1 aliphatic rings. The number of rotatable bonds is 4. The van der Waals surface area contributed by atoms with Gasteiger partial charge in [-0.05, 0) is 24.8 Å². The summed E-state index contributed by atoms with van der Waals surface area (Å²) in [5, 5.41) is 1.96. The number of nitrogens with zero attached hydrogens (tertiary/aromatic N) is 3. The number of likely N-dealkylation sites (tertiary alicyclic amines) is 1. The molecule has 1 saturated heterocycles. The van der Waals surface area contributed by atoms with Crippen LogP contribution in [0.3, 0.4) is 0 Å². The van der Waals surface area contributed by atoms with E-state index in [-0.39, 0.29) is 5.91 Å². The van der Waals surface area contributed by atoms with Gasteiger partial charge in [-0.25, -0.2) is 9.97 Å². The molecule has 0 saturated carbocycles. The lowest BCUT2D eigenvalue weighted by Gasteiger charge is -2.30. The van der Waals surface area contributed by atoms with Crippen LogP contribution in [0.1, 0.15) is 32.5 Å². The van der Waals surface area contributed by atoms with Gasteiger partial charge in [0.25, 0.3) is 0 Å². The van der Waals surface area contributed by atoms with Gasteiger partial charge in [-0.2, -0.15) is 0 Å². The third-order valence-corrected chi connectivity index (χ3v) is 5.38. The third-order valence-electron chi connectivity index (χ3n) is 4.40. The summed E-state index contributed by atoms with van der Waals surface area (Å²) in [6.45, 7) is 6.10. The molecular formula is C18H23N3OS. The van der Waals surface area contributed by atoms with E-state index in [9.17, 15) is 4.79 Å². The highest BCUT2D eigenvalue weighted by molar-refractivity contribution is 8.00. The molecule has 122 valence electrons. The summed E-state index contributed by atoms with van der Waals surface area (Å²) in [4.78, 5) is 23.6. The highest BCUT2D eigenvalue weighted by Crippen LogP contribution is 2.26. The Morgan fingerprint density at radius 3 is 2.74 bits per heavy atom. The van der Waals surface area contributed by atoms with Crippen molar-refractivity contribution in [1.82, 2.24) is 14.9 Å². The van der Waals surface area contributed by atoms with Crippen molar-refractivity contribution in [3.8, 4) is 0 Å². The van der Waals surface area contributed by atoms with Crippen molar-refractivity contribution in [2.45, 2.75) is 38.1 Å². The van der Waals surface area contributed by atoms with E-state index in [4.69, 9.17) is 0 Å². The fourth-order valence-corrected chi connectivity index (χ4v) is 3.78. The first-order valence-corrected chi connectivity index (χ1v) is 9.32. The third kappa shape index (κ3) is 3.83. The molecule has 1 aromatic carbocycles. The van der Waals surface area contributed by atoms with E-state index < -0.39 is 0 Å². The molecule has 0 spiro atoms. The van der Waals surface area contributed by atoms with Gasteiger partial charge in [0.05, 0.1) is 11.3 Å². The zero-order chi connectivity index (χ0) is 16.2. The van der Waals surface area contributed by atoms with Gasteiger partial charge >= 0.3 is 0 Å². The Hall–Kier alpha value is -1.62. The average molecular weight is 329 g/mol. The Morgan fingerprint density at radius 1 is 1.26 bits per heavy atom. The number of benzene rings is 1. The minimum Gasteiger partial charge on any atom is -0.342 e. The van der Waals surface area contributed by atoms with Crippen molar-refractivity contribution in [3.05, 3.63) is 30.1 Å². The largest absolute Gasteiger partial charge is 0.342 e. The van der Waals surface area contributed by atoms with Gasteiger partial charge in [0.2, 0.25) is 5.91 Å². The van der Waals surface area contributed by atoms with E-state index in [2.05, 4.69) is 23.8 Å². The summed E-state index contributed by atoms with van der Waals surface area (Å²) in [6.07, 6.45) is 3.04. The van der Waals surface area contributed by atoms with E-state index in [1.165, 1.54) is 11.8 Å². The highest BCUT2D eigenvalue weighted by atomic mass is 32.2. The van der Waals surface area contributed by atoms with Crippen LogP contribution in [0.2, 0.25) is 0 Å². The van der Waals surface area contributed by atoms with Crippen molar-refractivity contribution in [2.24, 2.45) is 5.92 Å². The molecule has 1 aliphatic heterocycles. The molecule has 2 heterocycles.